The molecule has 0 spiro atoms. The standard InChI is InChI=1S/C14H20O2/c1-11(15)14-7-13(8-14)10-16-9-12-5-3-2-4-6-12/h2-6,11,13-15H,7-10H2,1H3/t11-,13?,14?/m0/s1. The van der Waals surface area contributed by atoms with Gasteiger partial charge in [-0.25, -0.2) is 0 Å². The van der Waals surface area contributed by atoms with Gasteiger partial charge in [-0.3, -0.25) is 0 Å². The van der Waals surface area contributed by atoms with Gasteiger partial charge in [0.05, 0.1) is 12.7 Å². The van der Waals surface area contributed by atoms with Gasteiger partial charge in [0.2, 0.25) is 0 Å². The average molecular weight is 220 g/mol. The summed E-state index contributed by atoms with van der Waals surface area (Å²) in [5, 5.41) is 9.35. The summed E-state index contributed by atoms with van der Waals surface area (Å²) in [5.74, 6) is 1.16. The third kappa shape index (κ3) is 3.06. The van der Waals surface area contributed by atoms with E-state index in [1.807, 2.05) is 25.1 Å². The van der Waals surface area contributed by atoms with Crippen LogP contribution < -0.4 is 0 Å². The monoisotopic (exact) mass is 220 g/mol. The molecule has 0 amide bonds. The Morgan fingerprint density at radius 3 is 2.62 bits per heavy atom. The maximum Gasteiger partial charge on any atom is 0.0717 e. The first-order chi connectivity index (χ1) is 7.75. The van der Waals surface area contributed by atoms with E-state index in [-0.39, 0.29) is 6.10 Å². The van der Waals surface area contributed by atoms with Crippen molar-refractivity contribution < 1.29 is 9.84 Å². The van der Waals surface area contributed by atoms with Crippen LogP contribution in [0.3, 0.4) is 0 Å². The molecule has 0 radical (unpaired) electrons. The maximum atomic E-state index is 9.35. The van der Waals surface area contributed by atoms with Crippen molar-refractivity contribution in [3.05, 3.63) is 35.9 Å². The van der Waals surface area contributed by atoms with Crippen molar-refractivity contribution in [1.29, 1.82) is 0 Å². The molecule has 0 saturated heterocycles. The van der Waals surface area contributed by atoms with Crippen LogP contribution in [0.1, 0.15) is 25.3 Å². The van der Waals surface area contributed by atoms with Crippen molar-refractivity contribution >= 4 is 0 Å². The predicted molar refractivity (Wildman–Crippen MR) is 64.0 cm³/mol. The summed E-state index contributed by atoms with van der Waals surface area (Å²) >= 11 is 0. The minimum atomic E-state index is -0.148. The SMILES string of the molecule is C[C@H](O)C1CC(COCc2ccccc2)C1. The number of aliphatic hydroxyl groups excluding tert-OH is 1. The molecule has 88 valence electrons. The first-order valence-electron chi connectivity index (χ1n) is 6.05. The number of hydrogen-bond donors (Lipinski definition) is 1. The highest BCUT2D eigenvalue weighted by atomic mass is 16.5. The van der Waals surface area contributed by atoms with Gasteiger partial charge in [0.25, 0.3) is 0 Å². The zero-order valence-corrected chi connectivity index (χ0v) is 9.80. The number of aliphatic hydroxyl groups is 1. The van der Waals surface area contributed by atoms with E-state index in [1.54, 1.807) is 0 Å². The van der Waals surface area contributed by atoms with Crippen molar-refractivity contribution in [2.45, 2.75) is 32.5 Å². The van der Waals surface area contributed by atoms with Crippen LogP contribution in [-0.4, -0.2) is 17.8 Å². The molecule has 0 bridgehead atoms. The lowest BCUT2D eigenvalue weighted by atomic mass is 9.73. The highest BCUT2D eigenvalue weighted by Crippen LogP contribution is 2.36. The lowest BCUT2D eigenvalue weighted by Gasteiger charge is -2.36. The summed E-state index contributed by atoms with van der Waals surface area (Å²) in [6, 6.07) is 10.2. The predicted octanol–water partition coefficient (Wildman–Crippen LogP) is 2.61. The third-order valence-corrected chi connectivity index (χ3v) is 3.42. The first kappa shape index (κ1) is 11.6. The molecule has 2 nitrogen and oxygen atoms in total. The second kappa shape index (κ2) is 5.46. The van der Waals surface area contributed by atoms with Crippen LogP contribution >= 0.6 is 0 Å². The number of hydrogen-bond acceptors (Lipinski definition) is 2. The molecule has 1 atom stereocenters. The molecule has 0 aliphatic heterocycles. The molecule has 1 aliphatic rings. The molecular formula is C14H20O2. The van der Waals surface area contributed by atoms with Gasteiger partial charge in [0.15, 0.2) is 0 Å². The Morgan fingerprint density at radius 1 is 1.31 bits per heavy atom. The molecule has 1 N–H and O–H groups in total. The molecular weight excluding hydrogens is 200 g/mol. The molecule has 1 fully saturated rings. The zero-order chi connectivity index (χ0) is 11.4. The Labute approximate surface area is 97.3 Å². The number of ether oxygens (including phenoxy) is 1. The topological polar surface area (TPSA) is 29.5 Å². The Morgan fingerprint density at radius 2 is 2.00 bits per heavy atom. The summed E-state index contributed by atoms with van der Waals surface area (Å²) in [5.41, 5.74) is 1.23. The van der Waals surface area contributed by atoms with Crippen LogP contribution in [0.5, 0.6) is 0 Å². The van der Waals surface area contributed by atoms with Gasteiger partial charge >= 0.3 is 0 Å². The van der Waals surface area contributed by atoms with Gasteiger partial charge in [0.1, 0.15) is 0 Å². The van der Waals surface area contributed by atoms with Gasteiger partial charge in [-0.1, -0.05) is 30.3 Å². The van der Waals surface area contributed by atoms with Crippen molar-refractivity contribution in [2.75, 3.05) is 6.61 Å². The molecule has 1 saturated carbocycles. The number of rotatable bonds is 5. The summed E-state index contributed by atoms with van der Waals surface area (Å²) < 4.78 is 5.67. The lowest BCUT2D eigenvalue weighted by Crippen LogP contribution is -2.34. The Kier molecular flexibility index (Phi) is 3.97. The summed E-state index contributed by atoms with van der Waals surface area (Å²) in [4.78, 5) is 0. The fraction of sp³-hybridized carbons (Fsp3) is 0.571. The van der Waals surface area contributed by atoms with Crippen LogP contribution in [0.4, 0.5) is 0 Å². The van der Waals surface area contributed by atoms with Gasteiger partial charge in [-0.15, -0.1) is 0 Å². The second-order valence-corrected chi connectivity index (χ2v) is 4.84. The largest absolute Gasteiger partial charge is 0.393 e. The Balaban J connectivity index is 1.60. The van der Waals surface area contributed by atoms with E-state index < -0.39 is 0 Å². The van der Waals surface area contributed by atoms with Crippen molar-refractivity contribution in [1.82, 2.24) is 0 Å². The third-order valence-electron chi connectivity index (χ3n) is 3.42. The molecule has 0 heterocycles. The van der Waals surface area contributed by atoms with Crippen LogP contribution in [-0.2, 0) is 11.3 Å². The highest BCUT2D eigenvalue weighted by molar-refractivity contribution is 5.13. The quantitative estimate of drug-likeness (QED) is 0.826. The smallest absolute Gasteiger partial charge is 0.0717 e. The van der Waals surface area contributed by atoms with E-state index in [0.29, 0.717) is 18.4 Å². The van der Waals surface area contributed by atoms with E-state index in [9.17, 15) is 5.11 Å². The number of benzene rings is 1. The Bertz CT molecular complexity index is 302. The highest BCUT2D eigenvalue weighted by Gasteiger charge is 2.32. The molecule has 2 rings (SSSR count). The molecule has 0 aromatic heterocycles. The minimum absolute atomic E-state index is 0.148. The molecule has 2 heteroatoms. The summed E-state index contributed by atoms with van der Waals surface area (Å²) in [6.45, 7) is 3.42. The van der Waals surface area contributed by atoms with Gasteiger partial charge in [-0.2, -0.15) is 0 Å². The fourth-order valence-corrected chi connectivity index (χ4v) is 2.23. The Hall–Kier alpha value is -0.860. The van der Waals surface area contributed by atoms with Crippen LogP contribution in [0, 0.1) is 11.8 Å². The molecule has 1 aliphatic carbocycles. The molecule has 16 heavy (non-hydrogen) atoms. The van der Waals surface area contributed by atoms with E-state index in [2.05, 4.69) is 12.1 Å². The lowest BCUT2D eigenvalue weighted by molar-refractivity contribution is -0.0105. The van der Waals surface area contributed by atoms with E-state index in [1.165, 1.54) is 5.56 Å². The van der Waals surface area contributed by atoms with Crippen LogP contribution in [0.15, 0.2) is 30.3 Å². The van der Waals surface area contributed by atoms with Gasteiger partial charge < -0.3 is 9.84 Å². The van der Waals surface area contributed by atoms with E-state index in [4.69, 9.17) is 4.74 Å². The van der Waals surface area contributed by atoms with Crippen LogP contribution in [0.25, 0.3) is 0 Å². The maximum absolute atomic E-state index is 9.35. The van der Waals surface area contributed by atoms with E-state index in [0.717, 1.165) is 19.4 Å². The van der Waals surface area contributed by atoms with Gasteiger partial charge in [-0.05, 0) is 37.2 Å². The molecule has 0 unspecified atom stereocenters. The minimum Gasteiger partial charge on any atom is -0.393 e. The van der Waals surface area contributed by atoms with Crippen molar-refractivity contribution in [3.63, 3.8) is 0 Å². The fourth-order valence-electron chi connectivity index (χ4n) is 2.23. The normalized spacial score (nSPS) is 26.1. The van der Waals surface area contributed by atoms with E-state index >= 15 is 0 Å². The van der Waals surface area contributed by atoms with Crippen molar-refractivity contribution in [3.8, 4) is 0 Å². The van der Waals surface area contributed by atoms with Crippen LogP contribution in [0.2, 0.25) is 0 Å². The summed E-state index contributed by atoms with van der Waals surface area (Å²) in [6.07, 6.45) is 2.09. The van der Waals surface area contributed by atoms with Gasteiger partial charge in [0, 0.05) is 6.61 Å². The average Bonchev–Trinajstić information content (AvgIpc) is 2.22. The zero-order valence-electron chi connectivity index (χ0n) is 9.80. The summed E-state index contributed by atoms with van der Waals surface area (Å²) in [7, 11) is 0. The first-order valence-corrected chi connectivity index (χ1v) is 6.05. The molecule has 1 aromatic carbocycles. The second-order valence-electron chi connectivity index (χ2n) is 4.84. The molecule has 1 aromatic rings. The van der Waals surface area contributed by atoms with Crippen molar-refractivity contribution in [2.24, 2.45) is 11.8 Å².